The minimum absolute atomic E-state index is 0.0848. The highest BCUT2D eigenvalue weighted by Crippen LogP contribution is 2.29. The molecule has 4 rings (SSSR count). The lowest BCUT2D eigenvalue weighted by Gasteiger charge is -2.26. The van der Waals surface area contributed by atoms with Gasteiger partial charge in [0, 0.05) is 22.2 Å². The first-order valence-electron chi connectivity index (χ1n) is 10.4. The Labute approximate surface area is 208 Å². The molecule has 1 aliphatic heterocycles. The highest BCUT2D eigenvalue weighted by atomic mass is 79.9. The topological polar surface area (TPSA) is 119 Å². The molecule has 35 heavy (non-hydrogen) atoms. The number of non-ortho nitro benzene ring substituents is 1. The summed E-state index contributed by atoms with van der Waals surface area (Å²) < 4.78 is 6.64. The van der Waals surface area contributed by atoms with E-state index in [9.17, 15) is 24.5 Å². The molecule has 0 bridgehead atoms. The van der Waals surface area contributed by atoms with Gasteiger partial charge in [-0.25, -0.2) is 9.69 Å². The number of ether oxygens (including phenoxy) is 1. The average molecular weight is 536 g/mol. The molecule has 0 spiro atoms. The number of urea groups is 1. The number of rotatable bonds is 6. The van der Waals surface area contributed by atoms with E-state index in [1.165, 1.54) is 30.3 Å². The summed E-state index contributed by atoms with van der Waals surface area (Å²) in [6.07, 6.45) is 1.34. The maximum Gasteiger partial charge on any atom is 0.335 e. The first-order chi connectivity index (χ1) is 16.7. The van der Waals surface area contributed by atoms with Crippen LogP contribution in [-0.4, -0.2) is 22.8 Å². The Hall–Kier alpha value is -4.31. The van der Waals surface area contributed by atoms with E-state index >= 15 is 0 Å². The number of imide groups is 2. The van der Waals surface area contributed by atoms with Crippen molar-refractivity contribution in [3.8, 4) is 5.75 Å². The fraction of sp³-hybridized carbons (Fsp3) is 0.0800. The molecule has 4 amide bonds. The zero-order chi connectivity index (χ0) is 25.1. The molecular formula is C25H18BrN3O6. The Morgan fingerprint density at radius 2 is 1.71 bits per heavy atom. The predicted octanol–water partition coefficient (Wildman–Crippen LogP) is 4.91. The van der Waals surface area contributed by atoms with Crippen molar-refractivity contribution in [2.45, 2.75) is 13.5 Å². The number of carbonyl (C=O) groups is 3. The van der Waals surface area contributed by atoms with Crippen LogP contribution < -0.4 is 15.0 Å². The summed E-state index contributed by atoms with van der Waals surface area (Å²) in [5.41, 5.74) is 2.11. The van der Waals surface area contributed by atoms with Gasteiger partial charge in [0.2, 0.25) is 0 Å². The number of hydrogen-bond donors (Lipinski definition) is 1. The van der Waals surface area contributed by atoms with Crippen LogP contribution in [0.5, 0.6) is 5.75 Å². The largest absolute Gasteiger partial charge is 0.488 e. The number of barbiturate groups is 1. The van der Waals surface area contributed by atoms with Gasteiger partial charge in [-0.3, -0.25) is 25.0 Å². The summed E-state index contributed by atoms with van der Waals surface area (Å²) in [5, 5.41) is 13.0. The molecule has 0 radical (unpaired) electrons. The van der Waals surface area contributed by atoms with Crippen LogP contribution in [-0.2, 0) is 16.2 Å². The third-order valence-electron chi connectivity index (χ3n) is 5.21. The molecule has 0 aromatic heterocycles. The van der Waals surface area contributed by atoms with Crippen LogP contribution >= 0.6 is 15.9 Å². The Morgan fingerprint density at radius 3 is 2.37 bits per heavy atom. The van der Waals surface area contributed by atoms with Gasteiger partial charge in [0.05, 0.1) is 10.6 Å². The first-order valence-corrected chi connectivity index (χ1v) is 11.2. The highest BCUT2D eigenvalue weighted by Gasteiger charge is 2.37. The smallest absolute Gasteiger partial charge is 0.335 e. The van der Waals surface area contributed by atoms with E-state index in [1.54, 1.807) is 18.2 Å². The lowest BCUT2D eigenvalue weighted by atomic mass is 10.1. The molecule has 0 aliphatic carbocycles. The second-order valence-corrected chi connectivity index (χ2v) is 8.60. The second kappa shape index (κ2) is 9.90. The summed E-state index contributed by atoms with van der Waals surface area (Å²) in [5.74, 6) is -1.29. The van der Waals surface area contributed by atoms with Crippen molar-refractivity contribution in [3.63, 3.8) is 0 Å². The number of nitro groups is 1. The van der Waals surface area contributed by atoms with Crippen molar-refractivity contribution in [1.29, 1.82) is 0 Å². The zero-order valence-electron chi connectivity index (χ0n) is 18.4. The van der Waals surface area contributed by atoms with Gasteiger partial charge >= 0.3 is 6.03 Å². The lowest BCUT2D eigenvalue weighted by molar-refractivity contribution is -0.384. The van der Waals surface area contributed by atoms with Gasteiger partial charge in [0.15, 0.2) is 0 Å². The van der Waals surface area contributed by atoms with Gasteiger partial charge < -0.3 is 4.74 Å². The van der Waals surface area contributed by atoms with Crippen LogP contribution in [0.4, 0.5) is 16.2 Å². The molecule has 0 saturated carbocycles. The monoisotopic (exact) mass is 535 g/mol. The van der Waals surface area contributed by atoms with Crippen molar-refractivity contribution < 1.29 is 24.0 Å². The Balaban J connectivity index is 1.65. The molecule has 0 atom stereocenters. The van der Waals surface area contributed by atoms with Gasteiger partial charge in [-0.15, -0.1) is 0 Å². The molecule has 1 fully saturated rings. The predicted molar refractivity (Wildman–Crippen MR) is 132 cm³/mol. The number of nitrogens with one attached hydrogen (secondary N) is 1. The van der Waals surface area contributed by atoms with Gasteiger partial charge in [0.25, 0.3) is 17.5 Å². The van der Waals surface area contributed by atoms with Crippen molar-refractivity contribution in [2.75, 3.05) is 4.90 Å². The number of halogens is 1. The number of nitro benzene ring substituents is 1. The third-order valence-corrected chi connectivity index (χ3v) is 5.70. The van der Waals surface area contributed by atoms with Crippen LogP contribution in [0.25, 0.3) is 6.08 Å². The van der Waals surface area contributed by atoms with Crippen LogP contribution in [0.2, 0.25) is 0 Å². The first kappa shape index (κ1) is 23.8. The van der Waals surface area contributed by atoms with E-state index in [0.29, 0.717) is 15.8 Å². The van der Waals surface area contributed by atoms with Crippen LogP contribution in [0.3, 0.4) is 0 Å². The van der Waals surface area contributed by atoms with Crippen LogP contribution in [0, 0.1) is 17.0 Å². The number of benzene rings is 3. The molecule has 3 aromatic rings. The average Bonchev–Trinajstić information content (AvgIpc) is 2.82. The minimum Gasteiger partial charge on any atom is -0.488 e. The van der Waals surface area contributed by atoms with Gasteiger partial charge in [-0.1, -0.05) is 45.8 Å². The Morgan fingerprint density at radius 1 is 1.03 bits per heavy atom. The molecule has 1 heterocycles. The second-order valence-electron chi connectivity index (χ2n) is 7.69. The summed E-state index contributed by atoms with van der Waals surface area (Å²) in [7, 11) is 0. The molecular weight excluding hydrogens is 518 g/mol. The molecule has 1 N–H and O–H groups in total. The molecule has 176 valence electrons. The van der Waals surface area contributed by atoms with E-state index in [4.69, 9.17) is 4.74 Å². The minimum atomic E-state index is -0.948. The van der Waals surface area contributed by atoms with E-state index in [0.717, 1.165) is 16.0 Å². The van der Waals surface area contributed by atoms with Crippen molar-refractivity contribution >= 4 is 51.2 Å². The molecule has 10 heteroatoms. The maximum atomic E-state index is 13.2. The standard InChI is InChI=1S/C25H18BrN3O6/c1-15-2-4-16(5-3-15)14-35-22-11-6-18(26)12-17(22)13-21-23(30)27-25(32)28(24(21)31)19-7-9-20(10-8-19)29(33)34/h2-13H,14H2,1H3,(H,27,30,32)/b21-13+. The SMILES string of the molecule is Cc1ccc(COc2ccc(Br)cc2/C=C2\C(=O)NC(=O)N(c3ccc([N+](=O)[O-])cc3)C2=O)cc1. The van der Waals surface area contributed by atoms with E-state index in [2.05, 4.69) is 21.2 Å². The number of aryl methyl sites for hydroxylation is 1. The normalized spacial score (nSPS) is 14.7. The summed E-state index contributed by atoms with van der Waals surface area (Å²) in [6, 6.07) is 16.9. The number of amides is 4. The van der Waals surface area contributed by atoms with E-state index in [1.807, 2.05) is 31.2 Å². The van der Waals surface area contributed by atoms with E-state index < -0.39 is 22.8 Å². The number of anilines is 1. The van der Waals surface area contributed by atoms with Gasteiger partial charge in [-0.05, 0) is 48.9 Å². The summed E-state index contributed by atoms with van der Waals surface area (Å²) in [4.78, 5) is 49.2. The quantitative estimate of drug-likeness (QED) is 0.207. The lowest BCUT2D eigenvalue weighted by Crippen LogP contribution is -2.54. The Bertz CT molecular complexity index is 1370. The number of carbonyl (C=O) groups excluding carboxylic acids is 3. The van der Waals surface area contributed by atoms with Crippen molar-refractivity contribution in [1.82, 2.24) is 5.32 Å². The number of hydrogen-bond acceptors (Lipinski definition) is 6. The van der Waals surface area contributed by atoms with Crippen LogP contribution in [0.15, 0.2) is 76.8 Å². The Kier molecular flexibility index (Phi) is 6.74. The molecule has 1 saturated heterocycles. The fourth-order valence-corrected chi connectivity index (χ4v) is 3.76. The van der Waals surface area contributed by atoms with Crippen molar-refractivity contribution in [3.05, 3.63) is 104 Å². The molecule has 0 unspecified atom stereocenters. The molecule has 1 aliphatic rings. The maximum absolute atomic E-state index is 13.2. The highest BCUT2D eigenvalue weighted by molar-refractivity contribution is 9.10. The fourth-order valence-electron chi connectivity index (χ4n) is 3.38. The summed E-state index contributed by atoms with van der Waals surface area (Å²) >= 11 is 3.38. The molecule has 9 nitrogen and oxygen atoms in total. The zero-order valence-corrected chi connectivity index (χ0v) is 19.9. The van der Waals surface area contributed by atoms with Gasteiger partial charge in [0.1, 0.15) is 17.9 Å². The van der Waals surface area contributed by atoms with E-state index in [-0.39, 0.29) is 23.6 Å². The molecule has 3 aromatic carbocycles. The van der Waals surface area contributed by atoms with Gasteiger partial charge in [-0.2, -0.15) is 0 Å². The summed E-state index contributed by atoms with van der Waals surface area (Å²) in [6.45, 7) is 2.26. The van der Waals surface area contributed by atoms with Crippen LogP contribution in [0.1, 0.15) is 16.7 Å². The number of nitrogens with zero attached hydrogens (tertiary/aromatic N) is 2. The third kappa shape index (κ3) is 5.28. The van der Waals surface area contributed by atoms with Crippen molar-refractivity contribution in [2.24, 2.45) is 0 Å².